The van der Waals surface area contributed by atoms with Gasteiger partial charge in [-0.3, -0.25) is 9.59 Å². The largest absolute Gasteiger partial charge is 0.471 e. The van der Waals surface area contributed by atoms with Gasteiger partial charge in [0.15, 0.2) is 0 Å². The highest BCUT2D eigenvalue weighted by atomic mass is 19.4. The molecule has 0 unspecified atom stereocenters. The van der Waals surface area contributed by atoms with Gasteiger partial charge >= 0.3 is 12.1 Å². The summed E-state index contributed by atoms with van der Waals surface area (Å²) >= 11 is 0. The molecule has 0 aliphatic rings. The molecule has 0 aliphatic heterocycles. The Balaban J connectivity index is 3.49. The predicted octanol–water partition coefficient (Wildman–Crippen LogP) is -0.855. The van der Waals surface area contributed by atoms with Gasteiger partial charge in [0.05, 0.1) is 13.6 Å². The van der Waals surface area contributed by atoms with Crippen molar-refractivity contribution in [1.29, 1.82) is 0 Å². The first-order valence-electron chi connectivity index (χ1n) is 5.77. The molecule has 8 heteroatoms. The van der Waals surface area contributed by atoms with Crippen LogP contribution in [-0.2, 0) is 9.59 Å². The molecule has 106 valence electrons. The van der Waals surface area contributed by atoms with Crippen LogP contribution in [0.4, 0.5) is 13.2 Å². The molecule has 0 aromatic carbocycles. The summed E-state index contributed by atoms with van der Waals surface area (Å²) in [6.45, 7) is 1.30. The van der Waals surface area contributed by atoms with E-state index < -0.39 is 12.1 Å². The van der Waals surface area contributed by atoms with E-state index in [1.54, 1.807) is 5.32 Å². The highest BCUT2D eigenvalue weighted by Gasteiger charge is 2.38. The molecule has 0 saturated heterocycles. The van der Waals surface area contributed by atoms with Gasteiger partial charge < -0.3 is 16.0 Å². The first-order chi connectivity index (χ1) is 8.38. The predicted molar refractivity (Wildman–Crippen MR) is 58.6 cm³/mol. The van der Waals surface area contributed by atoms with E-state index in [1.807, 2.05) is 12.4 Å². The van der Waals surface area contributed by atoms with Crippen LogP contribution in [-0.4, -0.2) is 44.7 Å². The second-order valence-corrected chi connectivity index (χ2v) is 3.76. The summed E-state index contributed by atoms with van der Waals surface area (Å²) in [6, 6.07) is 0. The molecule has 0 saturated carbocycles. The lowest BCUT2D eigenvalue weighted by atomic mass is 10.3. The Labute approximate surface area is 103 Å². The number of amides is 2. The maximum absolute atomic E-state index is 11.8. The second-order valence-electron chi connectivity index (χ2n) is 3.76. The van der Waals surface area contributed by atoms with Crippen molar-refractivity contribution in [1.82, 2.24) is 10.6 Å². The van der Waals surface area contributed by atoms with Crippen molar-refractivity contribution in [2.45, 2.75) is 25.4 Å². The van der Waals surface area contributed by atoms with Crippen LogP contribution in [0.1, 0.15) is 19.3 Å². The van der Waals surface area contributed by atoms with Gasteiger partial charge in [0.2, 0.25) is 5.91 Å². The lowest BCUT2D eigenvalue weighted by Crippen LogP contribution is -2.79. The molecule has 0 aliphatic carbocycles. The molecule has 5 nitrogen and oxygen atoms in total. The lowest BCUT2D eigenvalue weighted by molar-refractivity contribution is -0.626. The number of carbonyl (C=O) groups excluding carboxylic acids is 2. The van der Waals surface area contributed by atoms with E-state index >= 15 is 0 Å². The van der Waals surface area contributed by atoms with Crippen LogP contribution in [0, 0.1) is 0 Å². The first kappa shape index (κ1) is 16.7. The van der Waals surface area contributed by atoms with Gasteiger partial charge in [-0.05, 0) is 6.42 Å². The molecule has 4 N–H and O–H groups in total. The zero-order valence-electron chi connectivity index (χ0n) is 10.3. The number of rotatable bonds is 8. The van der Waals surface area contributed by atoms with Crippen LogP contribution in [0.25, 0.3) is 0 Å². The maximum atomic E-state index is 11.8. The molecular formula is C10H19F3N3O2+. The smallest absolute Gasteiger partial charge is 0.356 e. The van der Waals surface area contributed by atoms with Gasteiger partial charge in [0, 0.05) is 25.9 Å². The Bertz CT molecular complexity index is 270. The standard InChI is InChI=1S/C10H18F3N3O2/c1-14-5-3-7-15-8(17)4-2-6-16-9(18)10(11,12)13/h14H,2-7H2,1H3,(H,15,17)(H,16,18)/p+1. The summed E-state index contributed by atoms with van der Waals surface area (Å²) in [7, 11) is 1.92. The number of nitrogens with one attached hydrogen (secondary N) is 2. The van der Waals surface area contributed by atoms with Crippen molar-refractivity contribution in [3.63, 3.8) is 0 Å². The van der Waals surface area contributed by atoms with E-state index in [1.165, 1.54) is 0 Å². The van der Waals surface area contributed by atoms with E-state index in [0.717, 1.165) is 13.0 Å². The Hall–Kier alpha value is -1.31. The Kier molecular flexibility index (Phi) is 8.10. The molecular weight excluding hydrogens is 251 g/mol. The van der Waals surface area contributed by atoms with Crippen molar-refractivity contribution in [2.75, 3.05) is 26.7 Å². The molecule has 18 heavy (non-hydrogen) atoms. The van der Waals surface area contributed by atoms with Gasteiger partial charge in [-0.2, -0.15) is 13.2 Å². The van der Waals surface area contributed by atoms with Gasteiger partial charge in [0.25, 0.3) is 0 Å². The van der Waals surface area contributed by atoms with Gasteiger partial charge in [-0.15, -0.1) is 0 Å². The highest BCUT2D eigenvalue weighted by molar-refractivity contribution is 5.81. The molecule has 0 aromatic rings. The maximum Gasteiger partial charge on any atom is 0.471 e. The highest BCUT2D eigenvalue weighted by Crippen LogP contribution is 2.13. The van der Waals surface area contributed by atoms with Crippen molar-refractivity contribution in [3.05, 3.63) is 0 Å². The van der Waals surface area contributed by atoms with Crippen LogP contribution in [0.2, 0.25) is 0 Å². The van der Waals surface area contributed by atoms with E-state index in [4.69, 9.17) is 0 Å². The number of carbonyl (C=O) groups is 2. The van der Waals surface area contributed by atoms with E-state index in [9.17, 15) is 22.8 Å². The minimum atomic E-state index is -4.86. The second kappa shape index (κ2) is 8.73. The van der Waals surface area contributed by atoms with Crippen LogP contribution < -0.4 is 16.0 Å². The Morgan fingerprint density at radius 3 is 2.28 bits per heavy atom. The first-order valence-corrected chi connectivity index (χ1v) is 5.77. The van der Waals surface area contributed by atoms with Crippen molar-refractivity contribution in [3.8, 4) is 0 Å². The van der Waals surface area contributed by atoms with Gasteiger partial charge in [-0.1, -0.05) is 0 Å². The average Bonchev–Trinajstić information content (AvgIpc) is 2.28. The zero-order chi connectivity index (χ0) is 14.0. The molecule has 0 aromatic heterocycles. The number of hydrogen-bond acceptors (Lipinski definition) is 2. The monoisotopic (exact) mass is 270 g/mol. The summed E-state index contributed by atoms with van der Waals surface area (Å²) in [6.07, 6.45) is -3.73. The van der Waals surface area contributed by atoms with Crippen molar-refractivity contribution >= 4 is 11.8 Å². The third kappa shape index (κ3) is 8.80. The number of alkyl halides is 3. The van der Waals surface area contributed by atoms with E-state index in [-0.39, 0.29) is 25.3 Å². The fourth-order valence-corrected chi connectivity index (χ4v) is 1.17. The third-order valence-electron chi connectivity index (χ3n) is 2.12. The quantitative estimate of drug-likeness (QED) is 0.502. The topological polar surface area (TPSA) is 74.8 Å². The summed E-state index contributed by atoms with van der Waals surface area (Å²) < 4.78 is 35.3. The Morgan fingerprint density at radius 1 is 1.11 bits per heavy atom. The molecule has 2 amide bonds. The summed E-state index contributed by atoms with van der Waals surface area (Å²) in [4.78, 5) is 21.6. The Morgan fingerprint density at radius 2 is 1.72 bits per heavy atom. The fourth-order valence-electron chi connectivity index (χ4n) is 1.17. The summed E-state index contributed by atoms with van der Waals surface area (Å²) in [5, 5.41) is 6.33. The molecule has 0 fully saturated rings. The number of halogens is 3. The molecule has 0 spiro atoms. The van der Waals surface area contributed by atoms with Crippen molar-refractivity contribution in [2.24, 2.45) is 0 Å². The van der Waals surface area contributed by atoms with E-state index in [2.05, 4.69) is 5.32 Å². The zero-order valence-corrected chi connectivity index (χ0v) is 10.3. The molecule has 0 bridgehead atoms. The fraction of sp³-hybridized carbons (Fsp3) is 0.800. The van der Waals surface area contributed by atoms with Crippen molar-refractivity contribution < 1.29 is 28.1 Å². The van der Waals surface area contributed by atoms with Crippen LogP contribution in [0.5, 0.6) is 0 Å². The minimum Gasteiger partial charge on any atom is -0.356 e. The normalized spacial score (nSPS) is 11.1. The van der Waals surface area contributed by atoms with Crippen LogP contribution >= 0.6 is 0 Å². The lowest BCUT2D eigenvalue weighted by Gasteiger charge is -2.07. The number of hydrogen-bond donors (Lipinski definition) is 3. The SMILES string of the molecule is C[NH2+]CCCNC(=O)CCCNC(=O)C(F)(F)F. The summed E-state index contributed by atoms with van der Waals surface area (Å²) in [5.74, 6) is -2.19. The van der Waals surface area contributed by atoms with Crippen LogP contribution in [0.3, 0.4) is 0 Å². The van der Waals surface area contributed by atoms with Gasteiger partial charge in [-0.25, -0.2) is 0 Å². The number of quaternary nitrogens is 1. The number of nitrogens with two attached hydrogens (primary N) is 1. The molecule has 0 heterocycles. The third-order valence-corrected chi connectivity index (χ3v) is 2.12. The molecule has 0 atom stereocenters. The summed E-state index contributed by atoms with van der Waals surface area (Å²) in [5.41, 5.74) is 0. The van der Waals surface area contributed by atoms with Gasteiger partial charge in [0.1, 0.15) is 0 Å². The average molecular weight is 270 g/mol. The molecule has 0 rings (SSSR count). The molecule has 0 radical (unpaired) electrons. The van der Waals surface area contributed by atoms with E-state index in [0.29, 0.717) is 6.54 Å². The minimum absolute atomic E-state index is 0.105. The van der Waals surface area contributed by atoms with Crippen LogP contribution in [0.15, 0.2) is 0 Å².